The number of nitrogens with one attached hydrogen (secondary N) is 1. The zero-order chi connectivity index (χ0) is 12.8. The zero-order valence-corrected chi connectivity index (χ0v) is 13.3. The lowest BCUT2D eigenvalue weighted by atomic mass is 9.72. The molecule has 3 N–H and O–H groups in total. The monoisotopic (exact) mass is 330 g/mol. The molecule has 0 aromatic carbocycles. The van der Waals surface area contributed by atoms with E-state index in [0.29, 0.717) is 5.41 Å². The summed E-state index contributed by atoms with van der Waals surface area (Å²) in [6.45, 7) is 2.91. The largest absolute Gasteiger partial charge is 0.330 e. The van der Waals surface area contributed by atoms with Crippen LogP contribution in [0.2, 0.25) is 0 Å². The van der Waals surface area contributed by atoms with Gasteiger partial charge in [0.25, 0.3) is 0 Å². The maximum Gasteiger partial charge on any atom is 0.0327 e. The van der Waals surface area contributed by atoms with E-state index in [0.717, 1.165) is 19.6 Å². The molecular weight excluding hydrogens is 308 g/mol. The van der Waals surface area contributed by atoms with Crippen molar-refractivity contribution in [3.05, 3.63) is 20.8 Å². The van der Waals surface area contributed by atoms with Crippen molar-refractivity contribution >= 4 is 27.3 Å². The van der Waals surface area contributed by atoms with Crippen molar-refractivity contribution in [1.29, 1.82) is 0 Å². The quantitative estimate of drug-likeness (QED) is 0.776. The van der Waals surface area contributed by atoms with Gasteiger partial charge in [-0.05, 0) is 65.1 Å². The first-order chi connectivity index (χ1) is 8.76. The number of hydrogen-bond donors (Lipinski definition) is 2. The molecule has 1 aromatic heterocycles. The van der Waals surface area contributed by atoms with Gasteiger partial charge < -0.3 is 11.1 Å². The van der Waals surface area contributed by atoms with E-state index in [2.05, 4.69) is 32.7 Å². The van der Waals surface area contributed by atoms with Gasteiger partial charge >= 0.3 is 0 Å². The summed E-state index contributed by atoms with van der Waals surface area (Å²) in [4.78, 5) is 1.39. The number of rotatable bonds is 6. The molecule has 4 heteroatoms. The van der Waals surface area contributed by atoms with E-state index < -0.39 is 0 Å². The molecule has 0 unspecified atom stereocenters. The van der Waals surface area contributed by atoms with Crippen LogP contribution in [0.3, 0.4) is 0 Å². The molecular formula is C14H23BrN2S. The lowest BCUT2D eigenvalue weighted by Crippen LogP contribution is -2.35. The van der Waals surface area contributed by atoms with Crippen LogP contribution in [0.1, 0.15) is 43.4 Å². The minimum atomic E-state index is 0.429. The van der Waals surface area contributed by atoms with Crippen LogP contribution in [0.15, 0.2) is 15.9 Å². The van der Waals surface area contributed by atoms with Gasteiger partial charge in [0.05, 0.1) is 0 Å². The Morgan fingerprint density at radius 2 is 2.11 bits per heavy atom. The highest BCUT2D eigenvalue weighted by Gasteiger charge is 2.29. The van der Waals surface area contributed by atoms with Crippen molar-refractivity contribution < 1.29 is 0 Å². The smallest absolute Gasteiger partial charge is 0.0327 e. The van der Waals surface area contributed by atoms with Crippen LogP contribution in [-0.4, -0.2) is 13.1 Å². The Balaban J connectivity index is 1.72. The molecule has 0 aliphatic heterocycles. The maximum absolute atomic E-state index is 6.01. The standard InChI is InChI=1S/C14H23BrN2S/c15-12-4-9-18-13(12)10-17-8-7-14(11-16)5-2-1-3-6-14/h4,9,17H,1-3,5-8,10-11,16H2. The lowest BCUT2D eigenvalue weighted by Gasteiger charge is -2.36. The highest BCUT2D eigenvalue weighted by atomic mass is 79.9. The van der Waals surface area contributed by atoms with Crippen molar-refractivity contribution in [2.45, 2.75) is 45.1 Å². The first-order valence-electron chi connectivity index (χ1n) is 6.88. The van der Waals surface area contributed by atoms with Gasteiger partial charge in [0.1, 0.15) is 0 Å². The van der Waals surface area contributed by atoms with Crippen LogP contribution >= 0.6 is 27.3 Å². The Bertz CT molecular complexity index is 358. The Hall–Kier alpha value is 0.100. The molecule has 0 amide bonds. The molecule has 102 valence electrons. The summed E-state index contributed by atoms with van der Waals surface area (Å²) in [7, 11) is 0. The van der Waals surface area contributed by atoms with Gasteiger partial charge in [-0.25, -0.2) is 0 Å². The Morgan fingerprint density at radius 3 is 2.72 bits per heavy atom. The van der Waals surface area contributed by atoms with Crippen LogP contribution in [0, 0.1) is 5.41 Å². The van der Waals surface area contributed by atoms with E-state index in [9.17, 15) is 0 Å². The Kier molecular flexibility index (Phi) is 5.67. The van der Waals surface area contributed by atoms with Gasteiger partial charge in [-0.1, -0.05) is 19.3 Å². The van der Waals surface area contributed by atoms with Gasteiger partial charge in [-0.15, -0.1) is 11.3 Å². The van der Waals surface area contributed by atoms with E-state index in [1.54, 1.807) is 11.3 Å². The van der Waals surface area contributed by atoms with Crippen molar-refractivity contribution in [3.63, 3.8) is 0 Å². The maximum atomic E-state index is 6.01. The fourth-order valence-corrected chi connectivity index (χ4v) is 4.33. The molecule has 2 nitrogen and oxygen atoms in total. The predicted molar refractivity (Wildman–Crippen MR) is 82.9 cm³/mol. The average molecular weight is 331 g/mol. The summed E-state index contributed by atoms with van der Waals surface area (Å²) in [6.07, 6.45) is 8.02. The van der Waals surface area contributed by atoms with Crippen LogP contribution in [0.4, 0.5) is 0 Å². The summed E-state index contributed by atoms with van der Waals surface area (Å²) in [5.41, 5.74) is 6.43. The summed E-state index contributed by atoms with van der Waals surface area (Å²) in [5.74, 6) is 0. The molecule has 0 radical (unpaired) electrons. The Labute approximate surface area is 122 Å². The highest BCUT2D eigenvalue weighted by molar-refractivity contribution is 9.10. The second-order valence-electron chi connectivity index (χ2n) is 5.38. The topological polar surface area (TPSA) is 38.0 Å². The van der Waals surface area contributed by atoms with Crippen LogP contribution < -0.4 is 11.1 Å². The van der Waals surface area contributed by atoms with E-state index >= 15 is 0 Å². The van der Waals surface area contributed by atoms with Crippen molar-refractivity contribution in [2.75, 3.05) is 13.1 Å². The molecule has 1 heterocycles. The molecule has 1 aliphatic rings. The molecule has 1 saturated carbocycles. The SMILES string of the molecule is NCC1(CCNCc2sccc2Br)CCCCC1. The van der Waals surface area contributed by atoms with Gasteiger partial charge in [0.15, 0.2) is 0 Å². The third-order valence-electron chi connectivity index (χ3n) is 4.16. The number of halogens is 1. The molecule has 1 aliphatic carbocycles. The number of thiophene rings is 1. The normalized spacial score (nSPS) is 19.0. The molecule has 1 fully saturated rings. The third-order valence-corrected chi connectivity index (χ3v) is 6.08. The minimum Gasteiger partial charge on any atom is -0.330 e. The molecule has 0 bridgehead atoms. The summed E-state index contributed by atoms with van der Waals surface area (Å²) < 4.78 is 1.23. The fourth-order valence-electron chi connectivity index (χ4n) is 2.86. The van der Waals surface area contributed by atoms with Gasteiger partial charge in [0.2, 0.25) is 0 Å². The molecule has 0 spiro atoms. The third kappa shape index (κ3) is 3.80. The second-order valence-corrected chi connectivity index (χ2v) is 7.24. The lowest BCUT2D eigenvalue weighted by molar-refractivity contribution is 0.181. The number of hydrogen-bond acceptors (Lipinski definition) is 3. The zero-order valence-electron chi connectivity index (χ0n) is 10.9. The van der Waals surface area contributed by atoms with Crippen molar-refractivity contribution in [1.82, 2.24) is 5.32 Å². The summed E-state index contributed by atoms with van der Waals surface area (Å²) in [6, 6.07) is 2.12. The van der Waals surface area contributed by atoms with Crippen LogP contribution in [-0.2, 0) is 6.54 Å². The molecule has 2 rings (SSSR count). The first kappa shape index (κ1) is 14.5. The summed E-state index contributed by atoms with van der Waals surface area (Å²) in [5, 5.41) is 5.69. The molecule has 0 saturated heterocycles. The molecule has 1 aromatic rings. The minimum absolute atomic E-state index is 0.429. The second kappa shape index (κ2) is 7.04. The van der Waals surface area contributed by atoms with Gasteiger partial charge in [-0.3, -0.25) is 0 Å². The fraction of sp³-hybridized carbons (Fsp3) is 0.714. The van der Waals surface area contributed by atoms with Gasteiger partial charge in [-0.2, -0.15) is 0 Å². The predicted octanol–water partition coefficient (Wildman–Crippen LogP) is 3.90. The van der Waals surface area contributed by atoms with Crippen LogP contribution in [0.25, 0.3) is 0 Å². The van der Waals surface area contributed by atoms with Crippen molar-refractivity contribution in [2.24, 2.45) is 11.1 Å². The van der Waals surface area contributed by atoms with Gasteiger partial charge in [0, 0.05) is 15.9 Å². The van der Waals surface area contributed by atoms with E-state index in [-0.39, 0.29) is 0 Å². The first-order valence-corrected chi connectivity index (χ1v) is 8.56. The van der Waals surface area contributed by atoms with Crippen LogP contribution in [0.5, 0.6) is 0 Å². The molecule has 0 atom stereocenters. The number of nitrogens with two attached hydrogens (primary N) is 1. The molecule has 18 heavy (non-hydrogen) atoms. The highest BCUT2D eigenvalue weighted by Crippen LogP contribution is 2.38. The Morgan fingerprint density at radius 1 is 1.33 bits per heavy atom. The average Bonchev–Trinajstić information content (AvgIpc) is 2.82. The van der Waals surface area contributed by atoms with E-state index in [1.807, 2.05) is 0 Å². The summed E-state index contributed by atoms with van der Waals surface area (Å²) >= 11 is 5.38. The van der Waals surface area contributed by atoms with E-state index in [4.69, 9.17) is 5.73 Å². The van der Waals surface area contributed by atoms with Crippen molar-refractivity contribution in [3.8, 4) is 0 Å². The van der Waals surface area contributed by atoms with E-state index in [1.165, 1.54) is 47.9 Å².